The van der Waals surface area contributed by atoms with Gasteiger partial charge in [-0.3, -0.25) is 4.79 Å². The average molecular weight is 462 g/mol. The van der Waals surface area contributed by atoms with Crippen LogP contribution in [-0.4, -0.2) is 56.5 Å². The van der Waals surface area contributed by atoms with Gasteiger partial charge in [-0.25, -0.2) is 13.4 Å². The molecule has 172 valence electrons. The van der Waals surface area contributed by atoms with Gasteiger partial charge in [0.15, 0.2) is 11.5 Å². The molecule has 0 bridgehead atoms. The minimum absolute atomic E-state index is 0.0730. The zero-order valence-corrected chi connectivity index (χ0v) is 18.8. The molecule has 1 N–H and O–H groups in total. The fourth-order valence-corrected chi connectivity index (χ4v) is 5.30. The van der Waals surface area contributed by atoms with Crippen molar-refractivity contribution in [1.29, 1.82) is 0 Å². The third-order valence-corrected chi connectivity index (χ3v) is 7.43. The average Bonchev–Trinajstić information content (AvgIpc) is 2.83. The van der Waals surface area contributed by atoms with Crippen LogP contribution in [-0.2, 0) is 21.4 Å². The van der Waals surface area contributed by atoms with E-state index in [1.165, 1.54) is 16.4 Å². The number of fused-ring (bicyclic) bond motifs is 1. The van der Waals surface area contributed by atoms with Gasteiger partial charge in [-0.2, -0.15) is 4.31 Å². The molecule has 0 radical (unpaired) electrons. The van der Waals surface area contributed by atoms with Gasteiger partial charge < -0.3 is 19.5 Å². The standard InChI is InChI=1S/C22H27N3O6S/c1-2-29-21-13-16(5-8-23-21)15-24-22(26)17-6-9-25(10-7-17)32(27,28)18-3-4-19-20(14-18)31-12-11-30-19/h3-5,8,13-14,17H,2,6-7,9-12,15H2,1H3,(H,24,26). The fraction of sp³-hybridized carbons (Fsp3) is 0.455. The van der Waals surface area contributed by atoms with E-state index in [1.807, 2.05) is 13.0 Å². The van der Waals surface area contributed by atoms with Gasteiger partial charge in [0.1, 0.15) is 13.2 Å². The number of carbonyl (C=O) groups is 1. The Hall–Kier alpha value is -2.85. The lowest BCUT2D eigenvalue weighted by molar-refractivity contribution is -0.126. The van der Waals surface area contributed by atoms with E-state index in [9.17, 15) is 13.2 Å². The Morgan fingerprint density at radius 2 is 1.91 bits per heavy atom. The molecule has 0 spiro atoms. The second-order valence-electron chi connectivity index (χ2n) is 7.64. The summed E-state index contributed by atoms with van der Waals surface area (Å²) in [5, 5.41) is 2.94. The van der Waals surface area contributed by atoms with Gasteiger partial charge in [0.25, 0.3) is 0 Å². The summed E-state index contributed by atoms with van der Waals surface area (Å²) in [7, 11) is -3.66. The smallest absolute Gasteiger partial charge is 0.243 e. The third-order valence-electron chi connectivity index (χ3n) is 5.53. The minimum Gasteiger partial charge on any atom is -0.486 e. The van der Waals surface area contributed by atoms with Gasteiger partial charge in [0.2, 0.25) is 21.8 Å². The molecule has 32 heavy (non-hydrogen) atoms. The molecule has 1 amide bonds. The van der Waals surface area contributed by atoms with E-state index in [0.717, 1.165) is 5.56 Å². The summed E-state index contributed by atoms with van der Waals surface area (Å²) in [5.41, 5.74) is 0.899. The summed E-state index contributed by atoms with van der Waals surface area (Å²) in [6.45, 7) is 4.20. The lowest BCUT2D eigenvalue weighted by atomic mass is 9.97. The van der Waals surface area contributed by atoms with Crippen molar-refractivity contribution < 1.29 is 27.4 Å². The second kappa shape index (κ2) is 9.74. The summed E-state index contributed by atoms with van der Waals surface area (Å²) in [5.74, 6) is 1.21. The van der Waals surface area contributed by atoms with Crippen LogP contribution in [0.4, 0.5) is 0 Å². The van der Waals surface area contributed by atoms with Crippen LogP contribution in [0, 0.1) is 5.92 Å². The summed E-state index contributed by atoms with van der Waals surface area (Å²) in [6.07, 6.45) is 2.58. The van der Waals surface area contributed by atoms with Crippen LogP contribution in [0.15, 0.2) is 41.4 Å². The number of hydrogen-bond acceptors (Lipinski definition) is 7. The maximum atomic E-state index is 13.1. The van der Waals surface area contributed by atoms with E-state index >= 15 is 0 Å². The van der Waals surface area contributed by atoms with Gasteiger partial charge in [-0.05, 0) is 43.5 Å². The van der Waals surface area contributed by atoms with Crippen LogP contribution in [0.2, 0.25) is 0 Å². The van der Waals surface area contributed by atoms with Gasteiger partial charge in [0, 0.05) is 43.9 Å². The number of ether oxygens (including phenoxy) is 3. The number of rotatable bonds is 7. The van der Waals surface area contributed by atoms with Crippen LogP contribution < -0.4 is 19.5 Å². The molecule has 9 nitrogen and oxygen atoms in total. The second-order valence-corrected chi connectivity index (χ2v) is 9.57. The van der Waals surface area contributed by atoms with Gasteiger partial charge >= 0.3 is 0 Å². The lowest BCUT2D eigenvalue weighted by Gasteiger charge is -2.31. The maximum Gasteiger partial charge on any atom is 0.243 e. The zero-order valence-electron chi connectivity index (χ0n) is 18.0. The Bertz CT molecular complexity index is 1070. The Labute approximate surface area is 187 Å². The number of nitrogens with zero attached hydrogens (tertiary/aromatic N) is 2. The van der Waals surface area contributed by atoms with E-state index in [2.05, 4.69) is 10.3 Å². The molecule has 0 atom stereocenters. The van der Waals surface area contributed by atoms with E-state index < -0.39 is 10.0 Å². The van der Waals surface area contributed by atoms with Crippen LogP contribution in [0.3, 0.4) is 0 Å². The van der Waals surface area contributed by atoms with E-state index in [4.69, 9.17) is 14.2 Å². The molecule has 0 unspecified atom stereocenters. The highest BCUT2D eigenvalue weighted by atomic mass is 32.2. The highest BCUT2D eigenvalue weighted by molar-refractivity contribution is 7.89. The fourth-order valence-electron chi connectivity index (χ4n) is 3.81. The van der Waals surface area contributed by atoms with E-state index in [-0.39, 0.29) is 16.7 Å². The largest absolute Gasteiger partial charge is 0.486 e. The van der Waals surface area contributed by atoms with Gasteiger partial charge in [-0.15, -0.1) is 0 Å². The van der Waals surface area contributed by atoms with Gasteiger partial charge in [0.05, 0.1) is 11.5 Å². The SMILES string of the molecule is CCOc1cc(CNC(=O)C2CCN(S(=O)(=O)c3ccc4c(c3)OCCO4)CC2)ccn1. The van der Waals surface area contributed by atoms with Crippen LogP contribution in [0.25, 0.3) is 0 Å². The predicted octanol–water partition coefficient (Wildman–Crippen LogP) is 1.97. The highest BCUT2D eigenvalue weighted by Crippen LogP contribution is 2.34. The molecular formula is C22H27N3O6S. The lowest BCUT2D eigenvalue weighted by Crippen LogP contribution is -2.42. The van der Waals surface area contributed by atoms with Crippen molar-refractivity contribution in [2.75, 3.05) is 32.9 Å². The van der Waals surface area contributed by atoms with Crippen molar-refractivity contribution in [2.24, 2.45) is 5.92 Å². The summed E-state index contributed by atoms with van der Waals surface area (Å²) in [6, 6.07) is 8.29. The highest BCUT2D eigenvalue weighted by Gasteiger charge is 2.32. The molecule has 0 aliphatic carbocycles. The quantitative estimate of drug-likeness (QED) is 0.672. The van der Waals surface area contributed by atoms with E-state index in [1.54, 1.807) is 18.3 Å². The number of aromatic nitrogens is 1. The van der Waals surface area contributed by atoms with Crippen molar-refractivity contribution in [3.63, 3.8) is 0 Å². The monoisotopic (exact) mass is 461 g/mol. The first-order chi connectivity index (χ1) is 15.5. The number of hydrogen-bond donors (Lipinski definition) is 1. The summed E-state index contributed by atoms with van der Waals surface area (Å²) >= 11 is 0. The molecule has 1 fully saturated rings. The number of amides is 1. The molecule has 2 aliphatic heterocycles. The molecule has 2 aliphatic rings. The van der Waals surface area contributed by atoms with Crippen molar-refractivity contribution >= 4 is 15.9 Å². The number of pyridine rings is 1. The third kappa shape index (κ3) is 4.97. The first-order valence-corrected chi connectivity index (χ1v) is 12.2. The van der Waals surface area contributed by atoms with Crippen molar-refractivity contribution in [3.8, 4) is 17.4 Å². The van der Waals surface area contributed by atoms with Crippen molar-refractivity contribution in [2.45, 2.75) is 31.2 Å². The van der Waals surface area contributed by atoms with Crippen molar-refractivity contribution in [1.82, 2.24) is 14.6 Å². The number of piperidine rings is 1. The first kappa shape index (κ1) is 22.3. The van der Waals surface area contributed by atoms with Crippen LogP contribution >= 0.6 is 0 Å². The Morgan fingerprint density at radius 1 is 1.16 bits per heavy atom. The molecule has 4 rings (SSSR count). The molecule has 3 heterocycles. The normalized spacial score (nSPS) is 17.0. The number of sulfonamides is 1. The number of nitrogens with one attached hydrogen (secondary N) is 1. The first-order valence-electron chi connectivity index (χ1n) is 10.7. The predicted molar refractivity (Wildman–Crippen MR) is 116 cm³/mol. The minimum atomic E-state index is -3.66. The van der Waals surface area contributed by atoms with Crippen LogP contribution in [0.5, 0.6) is 17.4 Å². The molecule has 1 saturated heterocycles. The topological polar surface area (TPSA) is 107 Å². The molecular weight excluding hydrogens is 434 g/mol. The Balaban J connectivity index is 1.32. The maximum absolute atomic E-state index is 13.1. The summed E-state index contributed by atoms with van der Waals surface area (Å²) < 4.78 is 43.9. The Kier molecular flexibility index (Phi) is 6.80. The number of carbonyl (C=O) groups excluding carboxylic acids is 1. The van der Waals surface area contributed by atoms with E-state index in [0.29, 0.717) is 69.7 Å². The molecule has 0 saturated carbocycles. The van der Waals surface area contributed by atoms with Crippen molar-refractivity contribution in [3.05, 3.63) is 42.1 Å². The molecule has 1 aromatic carbocycles. The zero-order chi connectivity index (χ0) is 22.6. The molecule has 1 aromatic heterocycles. The van der Waals surface area contributed by atoms with Gasteiger partial charge in [-0.1, -0.05) is 0 Å². The molecule has 2 aromatic rings. The number of benzene rings is 1. The molecule has 10 heteroatoms. The van der Waals surface area contributed by atoms with Crippen LogP contribution in [0.1, 0.15) is 25.3 Å². The Morgan fingerprint density at radius 3 is 2.66 bits per heavy atom. The summed E-state index contributed by atoms with van der Waals surface area (Å²) in [4.78, 5) is 16.9.